The molecule has 0 aliphatic rings. The fraction of sp³-hybridized carbons (Fsp3) is 0.167. The topological polar surface area (TPSA) is 51.0 Å². The maximum absolute atomic E-state index is 5.93. The Bertz CT molecular complexity index is 556. The van der Waals surface area contributed by atoms with Gasteiger partial charge in [0.25, 0.3) is 0 Å². The van der Waals surface area contributed by atoms with Crippen molar-refractivity contribution in [2.75, 3.05) is 6.54 Å². The van der Waals surface area contributed by atoms with Crippen LogP contribution in [0.2, 0.25) is 5.02 Å². The van der Waals surface area contributed by atoms with Crippen LogP contribution in [0.4, 0.5) is 0 Å². The number of benzene rings is 1. The van der Waals surface area contributed by atoms with Crippen LogP contribution in [0.3, 0.4) is 0 Å². The van der Waals surface area contributed by atoms with Gasteiger partial charge in [-0.15, -0.1) is 6.58 Å². The predicted molar refractivity (Wildman–Crippen MR) is 74.3 cm³/mol. The van der Waals surface area contributed by atoms with Gasteiger partial charge in [-0.1, -0.05) is 22.8 Å². The van der Waals surface area contributed by atoms with Gasteiger partial charge in [-0.2, -0.15) is 4.98 Å². The Kier molecular flexibility index (Phi) is 4.52. The van der Waals surface area contributed by atoms with E-state index in [1.807, 2.05) is 12.1 Å². The van der Waals surface area contributed by atoms with E-state index < -0.39 is 0 Å². The van der Waals surface area contributed by atoms with Crippen molar-refractivity contribution in [3.05, 3.63) is 46.2 Å². The summed E-state index contributed by atoms with van der Waals surface area (Å²) in [6, 6.07) is 5.49. The van der Waals surface area contributed by atoms with Crippen molar-refractivity contribution in [2.24, 2.45) is 0 Å². The van der Waals surface area contributed by atoms with E-state index in [9.17, 15) is 0 Å². The molecule has 1 N–H and O–H groups in total. The van der Waals surface area contributed by atoms with Crippen molar-refractivity contribution in [3.63, 3.8) is 0 Å². The van der Waals surface area contributed by atoms with E-state index in [1.165, 1.54) is 0 Å². The van der Waals surface area contributed by atoms with Crippen molar-refractivity contribution in [1.29, 1.82) is 0 Å². The molecule has 0 atom stereocenters. The summed E-state index contributed by atoms with van der Waals surface area (Å²) in [5.41, 5.74) is 0.852. The molecule has 2 rings (SSSR count). The van der Waals surface area contributed by atoms with Gasteiger partial charge in [-0.05, 0) is 34.1 Å². The Hall–Kier alpha value is -1.17. The van der Waals surface area contributed by atoms with E-state index in [0.717, 1.165) is 10.0 Å². The monoisotopic (exact) mass is 327 g/mol. The van der Waals surface area contributed by atoms with Crippen LogP contribution < -0.4 is 5.32 Å². The number of hydrogen-bond acceptors (Lipinski definition) is 4. The zero-order valence-electron chi connectivity index (χ0n) is 9.49. The molecule has 0 unspecified atom stereocenters. The van der Waals surface area contributed by atoms with E-state index in [1.54, 1.807) is 12.1 Å². The molecule has 0 radical (unpaired) electrons. The molecule has 0 saturated heterocycles. The highest BCUT2D eigenvalue weighted by Gasteiger charge is 2.09. The van der Waals surface area contributed by atoms with Gasteiger partial charge in [-0.25, -0.2) is 0 Å². The first kappa shape index (κ1) is 13.3. The fourth-order valence-corrected chi connectivity index (χ4v) is 1.86. The summed E-state index contributed by atoms with van der Waals surface area (Å²) in [5, 5.41) is 7.66. The van der Waals surface area contributed by atoms with Crippen LogP contribution in [0.15, 0.2) is 39.8 Å². The highest BCUT2D eigenvalue weighted by molar-refractivity contribution is 9.10. The molecule has 0 aliphatic carbocycles. The molecule has 0 bridgehead atoms. The zero-order chi connectivity index (χ0) is 13.0. The van der Waals surface area contributed by atoms with Crippen LogP contribution in [0.25, 0.3) is 11.4 Å². The Balaban J connectivity index is 2.13. The summed E-state index contributed by atoms with van der Waals surface area (Å²) in [6.07, 6.45) is 1.77. The van der Waals surface area contributed by atoms with Gasteiger partial charge >= 0.3 is 0 Å². The summed E-state index contributed by atoms with van der Waals surface area (Å²) in [4.78, 5) is 4.28. The first-order chi connectivity index (χ1) is 8.70. The molecule has 2 aromatic rings. The average Bonchev–Trinajstić information content (AvgIpc) is 2.82. The number of aromatic nitrogens is 2. The van der Waals surface area contributed by atoms with Gasteiger partial charge in [0.15, 0.2) is 0 Å². The molecule has 6 heteroatoms. The molecule has 1 heterocycles. The molecule has 0 aliphatic heterocycles. The molecule has 94 valence electrons. The molecule has 1 aromatic carbocycles. The van der Waals surface area contributed by atoms with Crippen molar-refractivity contribution in [2.45, 2.75) is 6.54 Å². The van der Waals surface area contributed by atoms with Crippen LogP contribution in [0.5, 0.6) is 0 Å². The summed E-state index contributed by atoms with van der Waals surface area (Å²) < 4.78 is 5.93. The number of nitrogens with zero attached hydrogens (tertiary/aromatic N) is 2. The van der Waals surface area contributed by atoms with Gasteiger partial charge in [-0.3, -0.25) is 0 Å². The van der Waals surface area contributed by atoms with Gasteiger partial charge in [0.1, 0.15) is 0 Å². The maximum Gasteiger partial charge on any atom is 0.240 e. The SMILES string of the molecule is C=CCNCc1nc(-c2ccc(Cl)c(Br)c2)no1. The van der Waals surface area contributed by atoms with E-state index >= 15 is 0 Å². The van der Waals surface area contributed by atoms with Crippen LogP contribution >= 0.6 is 27.5 Å². The van der Waals surface area contributed by atoms with E-state index in [4.69, 9.17) is 16.1 Å². The maximum atomic E-state index is 5.93. The molecule has 0 amide bonds. The quantitative estimate of drug-likeness (QED) is 0.675. The molecule has 0 saturated carbocycles. The van der Waals surface area contributed by atoms with E-state index in [-0.39, 0.29) is 0 Å². The number of rotatable bonds is 5. The predicted octanol–water partition coefficient (Wildman–Crippen LogP) is 3.43. The molecule has 18 heavy (non-hydrogen) atoms. The van der Waals surface area contributed by atoms with Crippen molar-refractivity contribution < 1.29 is 4.52 Å². The third kappa shape index (κ3) is 3.19. The van der Waals surface area contributed by atoms with Crippen molar-refractivity contribution >= 4 is 27.5 Å². The van der Waals surface area contributed by atoms with Gasteiger partial charge in [0.05, 0.1) is 11.6 Å². The minimum absolute atomic E-state index is 0.522. The second kappa shape index (κ2) is 6.13. The Morgan fingerprint density at radius 3 is 3.06 bits per heavy atom. The van der Waals surface area contributed by atoms with E-state index in [0.29, 0.717) is 29.8 Å². The standard InChI is InChI=1S/C12H11BrClN3O/c1-2-5-15-7-11-16-12(17-18-11)8-3-4-10(14)9(13)6-8/h2-4,6,15H,1,5,7H2. The third-order valence-electron chi connectivity index (χ3n) is 2.21. The lowest BCUT2D eigenvalue weighted by atomic mass is 10.2. The highest BCUT2D eigenvalue weighted by atomic mass is 79.9. The summed E-state index contributed by atoms with van der Waals surface area (Å²) >= 11 is 9.29. The van der Waals surface area contributed by atoms with Crippen molar-refractivity contribution in [3.8, 4) is 11.4 Å². The molecular formula is C12H11BrClN3O. The number of hydrogen-bond donors (Lipinski definition) is 1. The Labute approximate surface area is 118 Å². The van der Waals surface area contributed by atoms with Crippen LogP contribution in [-0.2, 0) is 6.54 Å². The van der Waals surface area contributed by atoms with Crippen LogP contribution in [0, 0.1) is 0 Å². The zero-order valence-corrected chi connectivity index (χ0v) is 11.8. The molecular weight excluding hydrogens is 318 g/mol. The van der Waals surface area contributed by atoms with Crippen LogP contribution in [0.1, 0.15) is 5.89 Å². The molecule has 1 aromatic heterocycles. The second-order valence-electron chi connectivity index (χ2n) is 3.56. The first-order valence-corrected chi connectivity index (χ1v) is 6.47. The lowest BCUT2D eigenvalue weighted by molar-refractivity contribution is 0.370. The smallest absolute Gasteiger partial charge is 0.240 e. The van der Waals surface area contributed by atoms with Gasteiger partial charge < -0.3 is 9.84 Å². The average molecular weight is 329 g/mol. The first-order valence-electron chi connectivity index (χ1n) is 5.30. The fourth-order valence-electron chi connectivity index (χ4n) is 1.36. The normalized spacial score (nSPS) is 10.6. The minimum Gasteiger partial charge on any atom is -0.338 e. The van der Waals surface area contributed by atoms with Crippen LogP contribution in [-0.4, -0.2) is 16.7 Å². The molecule has 0 fully saturated rings. The Morgan fingerprint density at radius 2 is 2.33 bits per heavy atom. The summed E-state index contributed by atoms with van der Waals surface area (Å²) in [5.74, 6) is 1.08. The number of halogens is 2. The highest BCUT2D eigenvalue weighted by Crippen LogP contribution is 2.27. The number of nitrogens with one attached hydrogen (secondary N) is 1. The lowest BCUT2D eigenvalue weighted by Crippen LogP contribution is -2.12. The summed E-state index contributed by atoms with van der Waals surface area (Å²) in [6.45, 7) is 4.84. The largest absolute Gasteiger partial charge is 0.338 e. The lowest BCUT2D eigenvalue weighted by Gasteiger charge is -1.97. The summed E-state index contributed by atoms with van der Waals surface area (Å²) in [7, 11) is 0. The molecule has 0 spiro atoms. The second-order valence-corrected chi connectivity index (χ2v) is 4.82. The van der Waals surface area contributed by atoms with Gasteiger partial charge in [0.2, 0.25) is 11.7 Å². The minimum atomic E-state index is 0.522. The van der Waals surface area contributed by atoms with Gasteiger partial charge in [0, 0.05) is 16.6 Å². The Morgan fingerprint density at radius 1 is 1.50 bits per heavy atom. The molecule has 4 nitrogen and oxygen atoms in total. The van der Waals surface area contributed by atoms with E-state index in [2.05, 4.69) is 38.0 Å². The van der Waals surface area contributed by atoms with Crippen molar-refractivity contribution in [1.82, 2.24) is 15.5 Å². The third-order valence-corrected chi connectivity index (χ3v) is 3.42.